The van der Waals surface area contributed by atoms with E-state index in [9.17, 15) is 18.8 Å². The first kappa shape index (κ1) is 17.5. The second kappa shape index (κ2) is 7.02. The van der Waals surface area contributed by atoms with Crippen molar-refractivity contribution in [3.8, 4) is 0 Å². The summed E-state index contributed by atoms with van der Waals surface area (Å²) >= 11 is 0. The van der Waals surface area contributed by atoms with Crippen LogP contribution in [0.2, 0.25) is 0 Å². The molecule has 0 unspecified atom stereocenters. The molecule has 2 atom stereocenters. The van der Waals surface area contributed by atoms with Gasteiger partial charge >= 0.3 is 6.03 Å². The lowest BCUT2D eigenvalue weighted by Gasteiger charge is -2.27. The summed E-state index contributed by atoms with van der Waals surface area (Å²) < 4.78 is 13.3. The average molecular weight is 372 g/mol. The molecule has 8 heteroatoms. The Kier molecular flexibility index (Phi) is 4.55. The summed E-state index contributed by atoms with van der Waals surface area (Å²) in [6.07, 6.45) is 2.64. The maximum Gasteiger partial charge on any atom is 0.317 e. The van der Waals surface area contributed by atoms with Crippen molar-refractivity contribution in [2.45, 2.75) is 31.8 Å². The maximum absolute atomic E-state index is 13.3. The van der Waals surface area contributed by atoms with Gasteiger partial charge in [0.1, 0.15) is 5.82 Å². The van der Waals surface area contributed by atoms with E-state index in [-0.39, 0.29) is 36.0 Å². The van der Waals surface area contributed by atoms with Gasteiger partial charge in [-0.05, 0) is 42.5 Å². The lowest BCUT2D eigenvalue weighted by molar-refractivity contribution is -0.124. The number of halogens is 1. The number of urea groups is 1. The van der Waals surface area contributed by atoms with Crippen LogP contribution in [-0.4, -0.2) is 41.0 Å². The number of rotatable bonds is 2. The molecule has 2 fully saturated rings. The molecule has 1 aromatic heterocycles. The second-order valence-corrected chi connectivity index (χ2v) is 7.25. The van der Waals surface area contributed by atoms with Crippen LogP contribution in [0.3, 0.4) is 0 Å². The molecule has 2 aromatic rings. The van der Waals surface area contributed by atoms with Crippen LogP contribution in [0.25, 0.3) is 10.9 Å². The minimum absolute atomic E-state index is 0.0188. The summed E-state index contributed by atoms with van der Waals surface area (Å²) in [5.74, 6) is -0.581. The van der Waals surface area contributed by atoms with Crippen molar-refractivity contribution in [1.82, 2.24) is 20.5 Å². The smallest absolute Gasteiger partial charge is 0.317 e. The highest BCUT2D eigenvalue weighted by Crippen LogP contribution is 2.22. The Morgan fingerprint density at radius 2 is 2.07 bits per heavy atom. The number of nitrogens with zero attached hydrogens (tertiary/aromatic N) is 1. The van der Waals surface area contributed by atoms with Crippen molar-refractivity contribution in [1.29, 1.82) is 0 Å². The summed E-state index contributed by atoms with van der Waals surface area (Å²) in [6.45, 7) is 0.928. The van der Waals surface area contributed by atoms with Crippen molar-refractivity contribution in [2.24, 2.45) is 5.92 Å². The fourth-order valence-electron chi connectivity index (χ4n) is 3.85. The molecule has 4 rings (SSSR count). The molecule has 2 saturated heterocycles. The van der Waals surface area contributed by atoms with E-state index in [4.69, 9.17) is 0 Å². The van der Waals surface area contributed by atoms with Crippen LogP contribution >= 0.6 is 0 Å². The van der Waals surface area contributed by atoms with Crippen LogP contribution in [-0.2, 0) is 11.3 Å². The van der Waals surface area contributed by atoms with Crippen molar-refractivity contribution in [3.63, 3.8) is 0 Å². The van der Waals surface area contributed by atoms with E-state index < -0.39 is 5.82 Å². The van der Waals surface area contributed by atoms with E-state index in [0.29, 0.717) is 29.6 Å². The van der Waals surface area contributed by atoms with Crippen LogP contribution < -0.4 is 16.2 Å². The zero-order valence-corrected chi connectivity index (χ0v) is 14.8. The molecule has 2 aliphatic heterocycles. The Hall–Kier alpha value is -2.90. The molecule has 3 heterocycles. The van der Waals surface area contributed by atoms with E-state index in [1.54, 1.807) is 17.0 Å². The normalized spacial score (nSPS) is 22.3. The van der Waals surface area contributed by atoms with Crippen molar-refractivity contribution in [3.05, 3.63) is 46.0 Å². The SMILES string of the molecule is O=C1N[C@H]2CCC[C@@H]1CN(C(=O)NCc1cc3ccc(F)cc3[nH]c1=O)C2. The number of aromatic nitrogens is 1. The van der Waals surface area contributed by atoms with Gasteiger partial charge in [-0.3, -0.25) is 9.59 Å². The molecule has 2 bridgehead atoms. The van der Waals surface area contributed by atoms with Gasteiger partial charge in [-0.1, -0.05) is 6.42 Å². The van der Waals surface area contributed by atoms with E-state index in [0.717, 1.165) is 19.3 Å². The van der Waals surface area contributed by atoms with Crippen LogP contribution in [0, 0.1) is 11.7 Å². The number of fused-ring (bicyclic) bond motifs is 4. The second-order valence-electron chi connectivity index (χ2n) is 7.25. The van der Waals surface area contributed by atoms with Crippen LogP contribution in [0.1, 0.15) is 24.8 Å². The molecule has 0 spiro atoms. The minimum Gasteiger partial charge on any atom is -0.351 e. The van der Waals surface area contributed by atoms with E-state index in [1.165, 1.54) is 12.1 Å². The number of aromatic amines is 1. The number of pyridine rings is 1. The van der Waals surface area contributed by atoms with Gasteiger partial charge in [-0.25, -0.2) is 9.18 Å². The highest BCUT2D eigenvalue weighted by molar-refractivity contribution is 5.82. The molecule has 27 heavy (non-hydrogen) atoms. The molecule has 3 N–H and O–H groups in total. The molecule has 0 radical (unpaired) electrons. The number of hydrogen-bond acceptors (Lipinski definition) is 3. The standard InChI is InChI=1S/C19H21FN4O3/c20-14-5-4-11-6-13(18(26)23-16(11)7-14)8-21-19(27)24-9-12-2-1-3-15(10-24)22-17(12)25/h4-7,12,15H,1-3,8-10H2,(H,21,27)(H,22,25)(H,23,26)/t12-,15+/m1/s1. The lowest BCUT2D eigenvalue weighted by Crippen LogP contribution is -2.46. The highest BCUT2D eigenvalue weighted by Gasteiger charge is 2.34. The number of H-pyrrole nitrogens is 1. The van der Waals surface area contributed by atoms with Crippen molar-refractivity contribution < 1.29 is 14.0 Å². The molecule has 0 aliphatic carbocycles. The van der Waals surface area contributed by atoms with Gasteiger partial charge in [-0.15, -0.1) is 0 Å². The predicted octanol–water partition coefficient (Wildman–Crippen LogP) is 1.48. The van der Waals surface area contributed by atoms with Crippen LogP contribution in [0.4, 0.5) is 9.18 Å². The first-order chi connectivity index (χ1) is 13.0. The van der Waals surface area contributed by atoms with Crippen LogP contribution in [0.5, 0.6) is 0 Å². The van der Waals surface area contributed by atoms with Crippen LogP contribution in [0.15, 0.2) is 29.1 Å². The largest absolute Gasteiger partial charge is 0.351 e. The minimum atomic E-state index is -0.422. The zero-order valence-electron chi connectivity index (χ0n) is 14.8. The Labute approximate surface area is 154 Å². The van der Waals surface area contributed by atoms with Gasteiger partial charge in [0.2, 0.25) is 5.91 Å². The highest BCUT2D eigenvalue weighted by atomic mass is 19.1. The molecule has 0 saturated carbocycles. The molecular formula is C19H21FN4O3. The lowest BCUT2D eigenvalue weighted by atomic mass is 9.99. The Bertz CT molecular complexity index is 958. The Morgan fingerprint density at radius 1 is 1.22 bits per heavy atom. The maximum atomic E-state index is 13.3. The number of amides is 3. The van der Waals surface area contributed by atoms with E-state index >= 15 is 0 Å². The Balaban J connectivity index is 1.47. The van der Waals surface area contributed by atoms with Gasteiger partial charge in [-0.2, -0.15) is 0 Å². The first-order valence-corrected chi connectivity index (χ1v) is 9.14. The fourth-order valence-corrected chi connectivity index (χ4v) is 3.85. The molecular weight excluding hydrogens is 351 g/mol. The van der Waals surface area contributed by atoms with Crippen molar-refractivity contribution in [2.75, 3.05) is 13.1 Å². The summed E-state index contributed by atoms with van der Waals surface area (Å²) in [7, 11) is 0. The fraction of sp³-hybridized carbons (Fsp3) is 0.421. The summed E-state index contributed by atoms with van der Waals surface area (Å²) in [4.78, 5) is 41.2. The number of carbonyl (C=O) groups is 2. The third-order valence-corrected chi connectivity index (χ3v) is 5.31. The summed E-state index contributed by atoms with van der Waals surface area (Å²) in [6, 6.07) is 5.51. The van der Waals surface area contributed by atoms with Crippen molar-refractivity contribution >= 4 is 22.8 Å². The van der Waals surface area contributed by atoms with E-state index in [1.807, 2.05) is 0 Å². The van der Waals surface area contributed by atoms with Gasteiger partial charge in [0.05, 0.1) is 11.4 Å². The van der Waals surface area contributed by atoms with Gasteiger partial charge in [0.15, 0.2) is 0 Å². The van der Waals surface area contributed by atoms with E-state index in [2.05, 4.69) is 15.6 Å². The number of benzene rings is 1. The molecule has 7 nitrogen and oxygen atoms in total. The zero-order chi connectivity index (χ0) is 19.0. The third kappa shape index (κ3) is 3.65. The molecule has 2 aliphatic rings. The monoisotopic (exact) mass is 372 g/mol. The Morgan fingerprint density at radius 3 is 2.93 bits per heavy atom. The number of nitrogens with one attached hydrogen (secondary N) is 3. The summed E-state index contributed by atoms with van der Waals surface area (Å²) in [5, 5.41) is 6.45. The predicted molar refractivity (Wildman–Crippen MR) is 97.6 cm³/mol. The molecule has 3 amide bonds. The topological polar surface area (TPSA) is 94.3 Å². The number of carbonyl (C=O) groups excluding carboxylic acids is 2. The molecule has 1 aromatic carbocycles. The van der Waals surface area contributed by atoms with Gasteiger partial charge < -0.3 is 20.5 Å². The quantitative estimate of drug-likeness (QED) is 0.745. The van der Waals surface area contributed by atoms with Gasteiger partial charge in [0.25, 0.3) is 5.56 Å². The number of hydrogen-bond donors (Lipinski definition) is 3. The molecule has 142 valence electrons. The first-order valence-electron chi connectivity index (χ1n) is 9.14. The third-order valence-electron chi connectivity index (χ3n) is 5.31. The number of likely N-dealkylation sites (tertiary alicyclic amines) is 1. The summed E-state index contributed by atoms with van der Waals surface area (Å²) in [5.41, 5.74) is 0.449. The average Bonchev–Trinajstić information content (AvgIpc) is 2.88. The van der Waals surface area contributed by atoms with Gasteiger partial charge in [0, 0.05) is 31.2 Å².